The highest BCUT2D eigenvalue weighted by molar-refractivity contribution is 9.10. The maximum Gasteiger partial charge on any atom is 0.274 e. The Morgan fingerprint density at radius 2 is 2.13 bits per heavy atom. The second kappa shape index (κ2) is 6.34. The highest BCUT2D eigenvalue weighted by Crippen LogP contribution is 2.24. The van der Waals surface area contributed by atoms with Crippen LogP contribution in [0, 0.1) is 6.92 Å². The monoisotopic (exact) mass is 391 g/mol. The number of nitrogens with one attached hydrogen (secondary N) is 1. The topological polar surface area (TPSA) is 46.4 Å². The van der Waals surface area contributed by atoms with Gasteiger partial charge in [-0.2, -0.15) is 0 Å². The third-order valence-corrected chi connectivity index (χ3v) is 4.38. The predicted octanol–water partition coefficient (Wildman–Crippen LogP) is 4.87. The number of nitrogens with zero attached hydrogens (tertiary/aromatic N) is 2. The summed E-state index contributed by atoms with van der Waals surface area (Å²) in [5.41, 5.74) is 3.67. The maximum absolute atomic E-state index is 12.8. The first-order valence-corrected chi connectivity index (χ1v) is 8.41. The third kappa shape index (κ3) is 2.99. The summed E-state index contributed by atoms with van der Waals surface area (Å²) in [4.78, 5) is 17.4. The number of hydrogen-bond acceptors (Lipinski definition) is 2. The zero-order chi connectivity index (χ0) is 16.6. The van der Waals surface area contributed by atoms with Gasteiger partial charge in [-0.3, -0.25) is 9.20 Å². The van der Waals surface area contributed by atoms with E-state index in [1.165, 1.54) is 0 Å². The van der Waals surface area contributed by atoms with Gasteiger partial charge in [0.2, 0.25) is 0 Å². The van der Waals surface area contributed by atoms with Crippen molar-refractivity contribution in [2.45, 2.75) is 20.3 Å². The van der Waals surface area contributed by atoms with Gasteiger partial charge in [-0.05, 0) is 53.0 Å². The van der Waals surface area contributed by atoms with Crippen LogP contribution in [0.2, 0.25) is 5.02 Å². The molecule has 2 aromatic heterocycles. The molecule has 0 spiro atoms. The molecule has 4 nitrogen and oxygen atoms in total. The molecule has 23 heavy (non-hydrogen) atoms. The molecule has 0 atom stereocenters. The number of fused-ring (bicyclic) bond motifs is 1. The van der Waals surface area contributed by atoms with Gasteiger partial charge in [-0.25, -0.2) is 4.98 Å². The number of imidazole rings is 1. The summed E-state index contributed by atoms with van der Waals surface area (Å²) in [5.74, 6) is -0.222. The van der Waals surface area contributed by atoms with Gasteiger partial charge in [-0.15, -0.1) is 0 Å². The number of hydrogen-bond donors (Lipinski definition) is 1. The highest BCUT2D eigenvalue weighted by Gasteiger charge is 2.20. The number of benzene rings is 1. The first-order valence-electron chi connectivity index (χ1n) is 7.24. The Bertz CT molecular complexity index is 904. The summed E-state index contributed by atoms with van der Waals surface area (Å²) in [7, 11) is 0. The van der Waals surface area contributed by atoms with Crippen LogP contribution in [-0.2, 0) is 6.42 Å². The van der Waals surface area contributed by atoms with Crippen molar-refractivity contribution >= 4 is 44.8 Å². The van der Waals surface area contributed by atoms with E-state index in [0.29, 0.717) is 22.8 Å². The van der Waals surface area contributed by atoms with Crippen LogP contribution in [-0.4, -0.2) is 15.3 Å². The lowest BCUT2D eigenvalue weighted by atomic mass is 10.2. The molecule has 2 heterocycles. The average molecular weight is 393 g/mol. The molecule has 0 saturated heterocycles. The number of pyridine rings is 1. The van der Waals surface area contributed by atoms with Crippen molar-refractivity contribution in [2.75, 3.05) is 5.32 Å². The fourth-order valence-electron chi connectivity index (χ4n) is 2.55. The predicted molar refractivity (Wildman–Crippen MR) is 96.4 cm³/mol. The number of aryl methyl sites for hydroxylation is 2. The summed E-state index contributed by atoms with van der Waals surface area (Å²) in [6.45, 7) is 3.96. The van der Waals surface area contributed by atoms with Crippen LogP contribution in [0.5, 0.6) is 0 Å². The summed E-state index contributed by atoms with van der Waals surface area (Å²) >= 11 is 9.60. The SMILES string of the molecule is CCc1nc2c(C)cc(Br)cn2c1C(=O)Nc1ccccc1Cl. The Labute approximate surface area is 147 Å². The van der Waals surface area contributed by atoms with E-state index >= 15 is 0 Å². The summed E-state index contributed by atoms with van der Waals surface area (Å²) in [6, 6.07) is 9.16. The molecule has 1 N–H and O–H groups in total. The molecule has 0 aliphatic rings. The number of halogens is 2. The molecule has 118 valence electrons. The van der Waals surface area contributed by atoms with E-state index in [9.17, 15) is 4.79 Å². The average Bonchev–Trinajstić information content (AvgIpc) is 2.88. The number of carbonyl (C=O) groups excluding carboxylic acids is 1. The number of anilines is 1. The van der Waals surface area contributed by atoms with Gasteiger partial charge in [-0.1, -0.05) is 30.7 Å². The van der Waals surface area contributed by atoms with E-state index in [0.717, 1.165) is 21.4 Å². The number of para-hydroxylation sites is 1. The number of carbonyl (C=O) groups is 1. The van der Waals surface area contributed by atoms with Crippen molar-refractivity contribution in [2.24, 2.45) is 0 Å². The van der Waals surface area contributed by atoms with E-state index in [2.05, 4.69) is 26.2 Å². The molecule has 0 radical (unpaired) electrons. The summed E-state index contributed by atoms with van der Waals surface area (Å²) in [5, 5.41) is 3.38. The van der Waals surface area contributed by atoms with Crippen molar-refractivity contribution in [3.05, 3.63) is 63.0 Å². The van der Waals surface area contributed by atoms with Gasteiger partial charge in [0.1, 0.15) is 11.3 Å². The van der Waals surface area contributed by atoms with Gasteiger partial charge < -0.3 is 5.32 Å². The van der Waals surface area contributed by atoms with Crippen molar-refractivity contribution in [3.8, 4) is 0 Å². The van der Waals surface area contributed by atoms with Gasteiger partial charge in [0, 0.05) is 10.7 Å². The minimum absolute atomic E-state index is 0.222. The first kappa shape index (κ1) is 16.0. The number of amides is 1. The molecule has 1 amide bonds. The zero-order valence-electron chi connectivity index (χ0n) is 12.7. The molecule has 0 bridgehead atoms. The standard InChI is InChI=1S/C17H15BrClN3O/c1-3-13-15(17(23)21-14-7-5-4-6-12(14)19)22-9-11(18)8-10(2)16(22)20-13/h4-9H,3H2,1-2H3,(H,21,23). The van der Waals surface area contributed by atoms with Crippen LogP contribution in [0.25, 0.3) is 5.65 Å². The van der Waals surface area contributed by atoms with Crippen LogP contribution >= 0.6 is 27.5 Å². The van der Waals surface area contributed by atoms with Gasteiger partial charge in [0.15, 0.2) is 0 Å². The molecule has 0 aliphatic heterocycles. The first-order chi connectivity index (χ1) is 11.0. The van der Waals surface area contributed by atoms with Crippen LogP contribution in [0.1, 0.15) is 28.7 Å². The summed E-state index contributed by atoms with van der Waals surface area (Å²) < 4.78 is 2.72. The van der Waals surface area contributed by atoms with Crippen LogP contribution in [0.3, 0.4) is 0 Å². The van der Waals surface area contributed by atoms with Crippen molar-refractivity contribution < 1.29 is 4.79 Å². The highest BCUT2D eigenvalue weighted by atomic mass is 79.9. The Balaban J connectivity index is 2.11. The smallest absolute Gasteiger partial charge is 0.274 e. The normalized spacial score (nSPS) is 11.0. The zero-order valence-corrected chi connectivity index (χ0v) is 15.1. The lowest BCUT2D eigenvalue weighted by Crippen LogP contribution is -2.16. The Hall–Kier alpha value is -1.85. The van der Waals surface area contributed by atoms with Crippen molar-refractivity contribution in [1.29, 1.82) is 0 Å². The maximum atomic E-state index is 12.8. The lowest BCUT2D eigenvalue weighted by Gasteiger charge is -2.08. The molecular weight excluding hydrogens is 378 g/mol. The molecule has 0 unspecified atom stereocenters. The number of rotatable bonds is 3. The van der Waals surface area contributed by atoms with E-state index in [1.54, 1.807) is 12.1 Å². The summed E-state index contributed by atoms with van der Waals surface area (Å²) in [6.07, 6.45) is 2.53. The van der Waals surface area contributed by atoms with Crippen LogP contribution in [0.15, 0.2) is 41.0 Å². The van der Waals surface area contributed by atoms with E-state index in [1.807, 2.05) is 42.6 Å². The Morgan fingerprint density at radius 3 is 2.83 bits per heavy atom. The molecule has 0 aliphatic carbocycles. The van der Waals surface area contributed by atoms with Gasteiger partial charge in [0.25, 0.3) is 5.91 Å². The fourth-order valence-corrected chi connectivity index (χ4v) is 3.28. The van der Waals surface area contributed by atoms with E-state index < -0.39 is 0 Å². The molecule has 1 aromatic carbocycles. The van der Waals surface area contributed by atoms with E-state index in [4.69, 9.17) is 11.6 Å². The molecule has 0 saturated carbocycles. The van der Waals surface area contributed by atoms with Crippen molar-refractivity contribution in [3.63, 3.8) is 0 Å². The minimum atomic E-state index is -0.222. The van der Waals surface area contributed by atoms with Gasteiger partial charge in [0.05, 0.1) is 16.4 Å². The fraction of sp³-hybridized carbons (Fsp3) is 0.176. The minimum Gasteiger partial charge on any atom is -0.319 e. The molecular formula is C17H15BrClN3O. The number of aromatic nitrogens is 2. The quantitative estimate of drug-likeness (QED) is 0.691. The van der Waals surface area contributed by atoms with Gasteiger partial charge >= 0.3 is 0 Å². The lowest BCUT2D eigenvalue weighted by molar-refractivity contribution is 0.102. The molecule has 6 heteroatoms. The second-order valence-corrected chi connectivity index (χ2v) is 6.55. The third-order valence-electron chi connectivity index (χ3n) is 3.61. The Kier molecular flexibility index (Phi) is 4.41. The molecule has 3 aromatic rings. The molecule has 0 fully saturated rings. The second-order valence-electron chi connectivity index (χ2n) is 5.23. The van der Waals surface area contributed by atoms with Crippen LogP contribution < -0.4 is 5.32 Å². The largest absolute Gasteiger partial charge is 0.319 e. The van der Waals surface area contributed by atoms with Crippen LogP contribution in [0.4, 0.5) is 5.69 Å². The molecule has 3 rings (SSSR count). The van der Waals surface area contributed by atoms with Crippen molar-refractivity contribution in [1.82, 2.24) is 9.38 Å². The Morgan fingerprint density at radius 1 is 1.39 bits per heavy atom. The van der Waals surface area contributed by atoms with E-state index in [-0.39, 0.29) is 5.91 Å².